The Morgan fingerprint density at radius 3 is 2.57 bits per heavy atom. The predicted molar refractivity (Wildman–Crippen MR) is 69.1 cm³/mol. The molecule has 0 radical (unpaired) electrons. The van der Waals surface area contributed by atoms with Crippen molar-refractivity contribution < 1.29 is 22.8 Å². The van der Waals surface area contributed by atoms with E-state index in [9.17, 15) is 22.8 Å². The Balaban J connectivity index is 2.06. The van der Waals surface area contributed by atoms with Crippen LogP contribution in [0.4, 0.5) is 13.2 Å². The lowest BCUT2D eigenvalue weighted by Gasteiger charge is -2.38. The van der Waals surface area contributed by atoms with Gasteiger partial charge in [-0.05, 0) is 19.3 Å². The van der Waals surface area contributed by atoms with Gasteiger partial charge in [0.25, 0.3) is 0 Å². The van der Waals surface area contributed by atoms with E-state index in [0.717, 1.165) is 0 Å². The SMILES string of the molecule is NC(=O)C1CNCCN1C(=O)C1CCCC(C(F)(F)F)C1. The van der Waals surface area contributed by atoms with Crippen LogP contribution in [0, 0.1) is 11.8 Å². The zero-order chi connectivity index (χ0) is 15.6. The van der Waals surface area contributed by atoms with E-state index in [4.69, 9.17) is 5.73 Å². The third-order valence-corrected chi connectivity index (χ3v) is 4.34. The van der Waals surface area contributed by atoms with Crippen LogP contribution in [0.15, 0.2) is 0 Å². The Kier molecular flexibility index (Phi) is 4.75. The second kappa shape index (κ2) is 6.21. The summed E-state index contributed by atoms with van der Waals surface area (Å²) in [7, 11) is 0. The number of amides is 2. The Hall–Kier alpha value is -1.31. The van der Waals surface area contributed by atoms with E-state index in [1.807, 2.05) is 0 Å². The predicted octanol–water partition coefficient (Wildman–Crippen LogP) is 0.641. The van der Waals surface area contributed by atoms with Crippen LogP contribution in [0.3, 0.4) is 0 Å². The van der Waals surface area contributed by atoms with Crippen molar-refractivity contribution in [3.63, 3.8) is 0 Å². The molecule has 2 amide bonds. The van der Waals surface area contributed by atoms with E-state index in [2.05, 4.69) is 5.32 Å². The number of alkyl halides is 3. The van der Waals surface area contributed by atoms with Crippen molar-refractivity contribution in [2.75, 3.05) is 19.6 Å². The summed E-state index contributed by atoms with van der Waals surface area (Å²) in [4.78, 5) is 25.2. The lowest BCUT2D eigenvalue weighted by Crippen LogP contribution is -2.60. The summed E-state index contributed by atoms with van der Waals surface area (Å²) >= 11 is 0. The standard InChI is InChI=1S/C13H20F3N3O2/c14-13(15,16)9-3-1-2-8(6-9)12(21)19-5-4-18-7-10(19)11(17)20/h8-10,18H,1-7H2,(H2,17,20). The molecule has 3 atom stereocenters. The minimum atomic E-state index is -4.26. The van der Waals surface area contributed by atoms with Crippen molar-refractivity contribution in [1.82, 2.24) is 10.2 Å². The van der Waals surface area contributed by atoms with Crippen LogP contribution < -0.4 is 11.1 Å². The van der Waals surface area contributed by atoms with Crippen molar-refractivity contribution in [3.8, 4) is 0 Å². The van der Waals surface area contributed by atoms with E-state index in [1.165, 1.54) is 4.90 Å². The van der Waals surface area contributed by atoms with E-state index >= 15 is 0 Å². The largest absolute Gasteiger partial charge is 0.391 e. The molecule has 2 aliphatic rings. The van der Waals surface area contributed by atoms with Crippen molar-refractivity contribution in [1.29, 1.82) is 0 Å². The number of nitrogens with one attached hydrogen (secondary N) is 1. The highest BCUT2D eigenvalue weighted by Crippen LogP contribution is 2.40. The summed E-state index contributed by atoms with van der Waals surface area (Å²) < 4.78 is 38.4. The van der Waals surface area contributed by atoms with Crippen LogP contribution in [0.5, 0.6) is 0 Å². The smallest absolute Gasteiger partial charge is 0.368 e. The highest BCUT2D eigenvalue weighted by atomic mass is 19.4. The average Bonchev–Trinajstić information content (AvgIpc) is 2.45. The van der Waals surface area contributed by atoms with Crippen LogP contribution >= 0.6 is 0 Å². The number of hydrogen-bond donors (Lipinski definition) is 2. The van der Waals surface area contributed by atoms with Crippen molar-refractivity contribution in [3.05, 3.63) is 0 Å². The highest BCUT2D eigenvalue weighted by molar-refractivity contribution is 5.88. The van der Waals surface area contributed by atoms with E-state index in [-0.39, 0.29) is 25.3 Å². The molecular weight excluding hydrogens is 287 g/mol. The van der Waals surface area contributed by atoms with Crippen LogP contribution in [0.1, 0.15) is 25.7 Å². The van der Waals surface area contributed by atoms with Gasteiger partial charge in [0, 0.05) is 25.6 Å². The summed E-state index contributed by atoms with van der Waals surface area (Å²) in [5.74, 6) is -3.08. The van der Waals surface area contributed by atoms with Crippen LogP contribution in [0.2, 0.25) is 0 Å². The Labute approximate surface area is 121 Å². The molecule has 0 spiro atoms. The lowest BCUT2D eigenvalue weighted by atomic mass is 9.80. The Morgan fingerprint density at radius 2 is 1.95 bits per heavy atom. The molecule has 0 aromatic rings. The summed E-state index contributed by atoms with van der Waals surface area (Å²) in [6, 6.07) is -0.766. The number of hydrogen-bond acceptors (Lipinski definition) is 3. The van der Waals surface area contributed by atoms with E-state index < -0.39 is 30.0 Å². The first kappa shape index (κ1) is 16.1. The van der Waals surface area contributed by atoms with Gasteiger partial charge in [0.05, 0.1) is 5.92 Å². The van der Waals surface area contributed by atoms with Gasteiger partial charge in [-0.1, -0.05) is 6.42 Å². The van der Waals surface area contributed by atoms with Gasteiger partial charge in [0.15, 0.2) is 0 Å². The Bertz CT molecular complexity index is 414. The molecular formula is C13H20F3N3O2. The normalized spacial score (nSPS) is 31.0. The van der Waals surface area contributed by atoms with E-state index in [1.54, 1.807) is 0 Å². The molecule has 120 valence electrons. The monoisotopic (exact) mass is 307 g/mol. The molecule has 1 heterocycles. The highest BCUT2D eigenvalue weighted by Gasteiger charge is 2.45. The van der Waals surface area contributed by atoms with Gasteiger partial charge in [0.2, 0.25) is 11.8 Å². The molecule has 0 bridgehead atoms. The van der Waals surface area contributed by atoms with Gasteiger partial charge in [-0.2, -0.15) is 13.2 Å². The second-order valence-electron chi connectivity index (χ2n) is 5.76. The summed E-state index contributed by atoms with van der Waals surface area (Å²) in [6.45, 7) is 1.08. The molecule has 1 saturated heterocycles. The minimum absolute atomic E-state index is 0.0775. The molecule has 21 heavy (non-hydrogen) atoms. The van der Waals surface area contributed by atoms with Crippen LogP contribution in [-0.4, -0.2) is 48.6 Å². The van der Waals surface area contributed by atoms with Gasteiger partial charge < -0.3 is 16.0 Å². The number of piperazine rings is 1. The van der Waals surface area contributed by atoms with Crippen molar-refractivity contribution >= 4 is 11.8 Å². The molecule has 2 rings (SSSR count). The van der Waals surface area contributed by atoms with Gasteiger partial charge in [-0.3, -0.25) is 9.59 Å². The molecule has 0 aromatic heterocycles. The maximum absolute atomic E-state index is 12.8. The average molecular weight is 307 g/mol. The number of halogens is 3. The zero-order valence-corrected chi connectivity index (χ0v) is 11.7. The third kappa shape index (κ3) is 3.66. The molecule has 1 saturated carbocycles. The first-order chi connectivity index (χ1) is 9.80. The van der Waals surface area contributed by atoms with Crippen molar-refractivity contribution in [2.45, 2.75) is 37.9 Å². The first-order valence-electron chi connectivity index (χ1n) is 7.18. The topological polar surface area (TPSA) is 75.4 Å². The number of carbonyl (C=O) groups excluding carboxylic acids is 2. The summed E-state index contributed by atoms with van der Waals surface area (Å²) in [5.41, 5.74) is 5.27. The number of nitrogens with zero attached hydrogens (tertiary/aromatic N) is 1. The number of primary amides is 1. The molecule has 5 nitrogen and oxygen atoms in total. The molecule has 3 unspecified atom stereocenters. The number of rotatable bonds is 2. The lowest BCUT2D eigenvalue weighted by molar-refractivity contribution is -0.187. The van der Waals surface area contributed by atoms with Gasteiger partial charge >= 0.3 is 6.18 Å². The first-order valence-corrected chi connectivity index (χ1v) is 7.18. The third-order valence-electron chi connectivity index (χ3n) is 4.34. The van der Waals surface area contributed by atoms with Crippen molar-refractivity contribution in [2.24, 2.45) is 17.6 Å². The second-order valence-corrected chi connectivity index (χ2v) is 5.76. The summed E-state index contributed by atoms with van der Waals surface area (Å²) in [5, 5.41) is 2.96. The number of nitrogens with two attached hydrogens (primary N) is 1. The molecule has 3 N–H and O–H groups in total. The van der Waals surface area contributed by atoms with E-state index in [0.29, 0.717) is 25.9 Å². The summed E-state index contributed by atoms with van der Waals surface area (Å²) in [6.07, 6.45) is -3.54. The zero-order valence-electron chi connectivity index (χ0n) is 11.7. The van der Waals surface area contributed by atoms with Crippen LogP contribution in [0.25, 0.3) is 0 Å². The molecule has 0 aromatic carbocycles. The van der Waals surface area contributed by atoms with Crippen LogP contribution in [-0.2, 0) is 9.59 Å². The van der Waals surface area contributed by atoms with Gasteiger partial charge in [-0.15, -0.1) is 0 Å². The minimum Gasteiger partial charge on any atom is -0.368 e. The molecule has 1 aliphatic heterocycles. The maximum Gasteiger partial charge on any atom is 0.391 e. The fourth-order valence-electron chi connectivity index (χ4n) is 3.17. The Morgan fingerprint density at radius 1 is 1.24 bits per heavy atom. The molecule has 2 fully saturated rings. The molecule has 8 heteroatoms. The number of carbonyl (C=O) groups is 2. The maximum atomic E-state index is 12.8. The quantitative estimate of drug-likeness (QED) is 0.786. The van der Waals surface area contributed by atoms with Gasteiger partial charge in [-0.25, -0.2) is 0 Å². The fourth-order valence-corrected chi connectivity index (χ4v) is 3.17. The molecule has 1 aliphatic carbocycles. The fraction of sp³-hybridized carbons (Fsp3) is 0.846. The van der Waals surface area contributed by atoms with Gasteiger partial charge in [0.1, 0.15) is 6.04 Å².